The van der Waals surface area contributed by atoms with Crippen LogP contribution in [0.5, 0.6) is 0 Å². The van der Waals surface area contributed by atoms with Gasteiger partial charge in [-0.3, -0.25) is 9.78 Å². The molecule has 3 N–H and O–H groups in total. The zero-order chi connectivity index (χ0) is 14.0. The molecule has 0 aromatic carbocycles. The lowest BCUT2D eigenvalue weighted by Gasteiger charge is -2.09. The van der Waals surface area contributed by atoms with E-state index in [-0.39, 0.29) is 11.3 Å². The van der Waals surface area contributed by atoms with Crippen molar-refractivity contribution in [1.82, 2.24) is 4.98 Å². The highest BCUT2D eigenvalue weighted by Gasteiger charge is 2.32. The summed E-state index contributed by atoms with van der Waals surface area (Å²) in [4.78, 5) is 14.3. The maximum Gasteiger partial charge on any atom is 0.433 e. The van der Waals surface area contributed by atoms with Crippen LogP contribution in [-0.2, 0) is 6.18 Å². The molecule has 0 aliphatic carbocycles. The maximum absolute atomic E-state index is 12.5. The Hall–Kier alpha value is -2.09. The number of hydrogen-bond acceptors (Lipinski definition) is 4. The molecule has 0 spiro atoms. The van der Waals surface area contributed by atoms with Crippen molar-refractivity contribution < 1.29 is 18.0 Å². The van der Waals surface area contributed by atoms with Crippen LogP contribution in [0.15, 0.2) is 29.8 Å². The van der Waals surface area contributed by atoms with Crippen LogP contribution >= 0.6 is 11.3 Å². The predicted octanol–water partition coefficient (Wildman–Crippen LogP) is 3.00. The van der Waals surface area contributed by atoms with Crippen molar-refractivity contribution in [1.29, 1.82) is 0 Å². The average Bonchev–Trinajstić information content (AvgIpc) is 2.76. The lowest BCUT2D eigenvalue weighted by atomic mass is 10.3. The second-order valence-corrected chi connectivity index (χ2v) is 4.50. The number of thiophene rings is 1. The van der Waals surface area contributed by atoms with E-state index in [9.17, 15) is 18.0 Å². The first kappa shape index (κ1) is 13.3. The predicted molar refractivity (Wildman–Crippen MR) is 65.4 cm³/mol. The van der Waals surface area contributed by atoms with Crippen molar-refractivity contribution in [3.8, 4) is 0 Å². The third kappa shape index (κ3) is 3.02. The lowest BCUT2D eigenvalue weighted by molar-refractivity contribution is -0.141. The lowest BCUT2D eigenvalue weighted by Crippen LogP contribution is -2.12. The Kier molecular flexibility index (Phi) is 3.43. The summed E-state index contributed by atoms with van der Waals surface area (Å²) in [5.74, 6) is -0.645. The van der Waals surface area contributed by atoms with Crippen molar-refractivity contribution in [2.45, 2.75) is 6.18 Å². The molecular formula is C11H8F3N3OS. The number of nitrogens with two attached hydrogens (primary N) is 1. The highest BCUT2D eigenvalue weighted by Crippen LogP contribution is 2.31. The molecule has 0 radical (unpaired) electrons. The number of hydrogen-bond donors (Lipinski definition) is 2. The van der Waals surface area contributed by atoms with Gasteiger partial charge in [-0.25, -0.2) is 0 Å². The normalized spacial score (nSPS) is 11.3. The largest absolute Gasteiger partial charge is 0.433 e. The van der Waals surface area contributed by atoms with Crippen LogP contribution < -0.4 is 11.1 Å². The van der Waals surface area contributed by atoms with Gasteiger partial charge in [0.25, 0.3) is 5.91 Å². The van der Waals surface area contributed by atoms with Gasteiger partial charge in [0.15, 0.2) is 0 Å². The Labute approximate surface area is 110 Å². The third-order valence-electron chi connectivity index (χ3n) is 2.24. The van der Waals surface area contributed by atoms with Crippen LogP contribution in [0, 0.1) is 0 Å². The molecule has 0 aliphatic heterocycles. The van der Waals surface area contributed by atoms with E-state index in [1.807, 2.05) is 0 Å². The molecule has 2 aromatic heterocycles. The number of alkyl halides is 3. The molecule has 8 heteroatoms. The van der Waals surface area contributed by atoms with Gasteiger partial charge in [-0.1, -0.05) is 0 Å². The van der Waals surface area contributed by atoms with Crippen molar-refractivity contribution in [3.05, 3.63) is 41.0 Å². The number of pyridine rings is 1. The molecular weight excluding hydrogens is 279 g/mol. The fraction of sp³-hybridized carbons (Fsp3) is 0.0909. The van der Waals surface area contributed by atoms with Crippen molar-refractivity contribution in [2.24, 2.45) is 5.73 Å². The van der Waals surface area contributed by atoms with Gasteiger partial charge in [0.1, 0.15) is 10.7 Å². The van der Waals surface area contributed by atoms with Gasteiger partial charge < -0.3 is 11.1 Å². The highest BCUT2D eigenvalue weighted by atomic mass is 32.1. The van der Waals surface area contributed by atoms with Crippen LogP contribution in [0.4, 0.5) is 23.9 Å². The zero-order valence-electron chi connectivity index (χ0n) is 9.36. The summed E-state index contributed by atoms with van der Waals surface area (Å²) in [7, 11) is 0. The Bertz CT molecular complexity index is 609. The Morgan fingerprint density at radius 3 is 2.74 bits per heavy atom. The first-order chi connectivity index (χ1) is 8.88. The molecule has 19 heavy (non-hydrogen) atoms. The van der Waals surface area contributed by atoms with E-state index >= 15 is 0 Å². The second-order valence-electron chi connectivity index (χ2n) is 3.58. The van der Waals surface area contributed by atoms with Crippen molar-refractivity contribution in [2.75, 3.05) is 5.32 Å². The molecule has 1 amide bonds. The van der Waals surface area contributed by atoms with E-state index in [0.29, 0.717) is 5.00 Å². The van der Waals surface area contributed by atoms with Gasteiger partial charge in [-0.2, -0.15) is 13.2 Å². The minimum absolute atomic E-state index is 0.187. The van der Waals surface area contributed by atoms with Crippen LogP contribution in [0.25, 0.3) is 0 Å². The summed E-state index contributed by atoms with van der Waals surface area (Å²) in [6.07, 6.45) is -3.47. The maximum atomic E-state index is 12.5. The SMILES string of the molecule is NC(=O)c1ccsc1Nc1ccnc(C(F)(F)F)c1. The number of carbonyl (C=O) groups is 1. The van der Waals surface area contributed by atoms with E-state index in [2.05, 4.69) is 10.3 Å². The molecule has 0 atom stereocenters. The van der Waals surface area contributed by atoms with E-state index in [0.717, 1.165) is 12.3 Å². The third-order valence-corrected chi connectivity index (χ3v) is 3.07. The van der Waals surface area contributed by atoms with Crippen LogP contribution in [0.3, 0.4) is 0 Å². The monoisotopic (exact) mass is 287 g/mol. The number of nitrogens with zero attached hydrogens (tertiary/aromatic N) is 1. The molecule has 2 rings (SSSR count). The Morgan fingerprint density at radius 1 is 1.37 bits per heavy atom. The highest BCUT2D eigenvalue weighted by molar-refractivity contribution is 7.14. The Morgan fingerprint density at radius 2 is 2.11 bits per heavy atom. The summed E-state index contributed by atoms with van der Waals surface area (Å²) in [5.41, 5.74) is 4.56. The number of rotatable bonds is 3. The quantitative estimate of drug-likeness (QED) is 0.911. The molecule has 2 heterocycles. The number of aromatic nitrogens is 1. The van der Waals surface area contributed by atoms with Gasteiger partial charge in [0.2, 0.25) is 0 Å². The number of carbonyl (C=O) groups excluding carboxylic acids is 1. The molecule has 4 nitrogen and oxygen atoms in total. The molecule has 100 valence electrons. The fourth-order valence-electron chi connectivity index (χ4n) is 1.39. The van der Waals surface area contributed by atoms with E-state index in [1.54, 1.807) is 5.38 Å². The summed E-state index contributed by atoms with van der Waals surface area (Å²) < 4.78 is 37.5. The summed E-state index contributed by atoms with van der Waals surface area (Å²) >= 11 is 1.17. The number of primary amides is 1. The number of anilines is 2. The van der Waals surface area contributed by atoms with Gasteiger partial charge in [-0.15, -0.1) is 11.3 Å². The molecule has 0 aliphatic rings. The van der Waals surface area contributed by atoms with E-state index in [1.165, 1.54) is 23.5 Å². The zero-order valence-corrected chi connectivity index (χ0v) is 10.2. The first-order valence-corrected chi connectivity index (χ1v) is 5.93. The van der Waals surface area contributed by atoms with E-state index in [4.69, 9.17) is 5.73 Å². The van der Waals surface area contributed by atoms with Gasteiger partial charge in [0.05, 0.1) is 5.56 Å². The summed E-state index contributed by atoms with van der Waals surface area (Å²) in [5, 5.41) is 4.74. The molecule has 0 unspecified atom stereocenters. The van der Waals surface area contributed by atoms with E-state index < -0.39 is 17.8 Å². The van der Waals surface area contributed by atoms with Gasteiger partial charge in [-0.05, 0) is 23.6 Å². The Balaban J connectivity index is 2.29. The number of amides is 1. The number of nitrogens with one attached hydrogen (secondary N) is 1. The fourth-order valence-corrected chi connectivity index (χ4v) is 2.21. The van der Waals surface area contributed by atoms with Crippen LogP contribution in [0.1, 0.15) is 16.1 Å². The number of halogens is 3. The minimum Gasteiger partial charge on any atom is -0.366 e. The summed E-state index contributed by atoms with van der Waals surface area (Å²) in [6, 6.07) is 3.74. The van der Waals surface area contributed by atoms with Crippen LogP contribution in [-0.4, -0.2) is 10.9 Å². The standard InChI is InChI=1S/C11H8F3N3OS/c12-11(13,14)8-5-6(1-3-16-8)17-10-7(9(15)18)2-4-19-10/h1-5H,(H2,15,18)(H,16,17). The molecule has 0 fully saturated rings. The van der Waals surface area contributed by atoms with Crippen molar-refractivity contribution >= 4 is 27.9 Å². The van der Waals surface area contributed by atoms with Gasteiger partial charge >= 0.3 is 6.18 Å². The first-order valence-electron chi connectivity index (χ1n) is 5.05. The molecule has 0 saturated heterocycles. The molecule has 0 bridgehead atoms. The topological polar surface area (TPSA) is 68.0 Å². The minimum atomic E-state index is -4.51. The molecule has 0 saturated carbocycles. The van der Waals surface area contributed by atoms with Gasteiger partial charge in [0, 0.05) is 11.9 Å². The smallest absolute Gasteiger partial charge is 0.366 e. The molecule has 2 aromatic rings. The summed E-state index contributed by atoms with van der Waals surface area (Å²) in [6.45, 7) is 0. The average molecular weight is 287 g/mol. The van der Waals surface area contributed by atoms with Crippen LogP contribution in [0.2, 0.25) is 0 Å². The van der Waals surface area contributed by atoms with Crippen molar-refractivity contribution in [3.63, 3.8) is 0 Å². The second kappa shape index (κ2) is 4.88.